The van der Waals surface area contributed by atoms with E-state index in [1.165, 1.54) is 11.1 Å². The molecule has 0 aliphatic carbocycles. The van der Waals surface area contributed by atoms with Crippen LogP contribution >= 0.6 is 0 Å². The Balaban J connectivity index is 1.64. The molecule has 32 heavy (non-hydrogen) atoms. The zero-order valence-electron chi connectivity index (χ0n) is 17.4. The van der Waals surface area contributed by atoms with Crippen LogP contribution in [0.2, 0.25) is 0 Å². The molecule has 1 aliphatic rings. The molecule has 0 saturated heterocycles. The summed E-state index contributed by atoms with van der Waals surface area (Å²) >= 11 is 0. The molecule has 0 radical (unpaired) electrons. The van der Waals surface area contributed by atoms with Crippen molar-refractivity contribution >= 4 is 15.7 Å². The second-order valence-electron chi connectivity index (χ2n) is 7.94. The van der Waals surface area contributed by atoms with Gasteiger partial charge in [0.15, 0.2) is 0 Å². The van der Waals surface area contributed by atoms with Gasteiger partial charge in [0.05, 0.1) is 16.1 Å². The van der Waals surface area contributed by atoms with Crippen LogP contribution in [0.5, 0.6) is 0 Å². The minimum atomic E-state index is -4.62. The highest BCUT2D eigenvalue weighted by atomic mass is 32.2. The van der Waals surface area contributed by atoms with Crippen LogP contribution in [-0.2, 0) is 29.0 Å². The minimum Gasteiger partial charge on any atom is -0.299 e. The van der Waals surface area contributed by atoms with Crippen LogP contribution in [0.4, 0.5) is 18.9 Å². The number of likely N-dealkylation sites (N-methyl/N-ethyl adjacent to an activating group) is 1. The van der Waals surface area contributed by atoms with Crippen LogP contribution in [0, 0.1) is 0 Å². The number of hydrogen-bond donors (Lipinski definition) is 1. The normalized spacial score (nSPS) is 17.1. The maximum atomic E-state index is 13.0. The Labute approximate surface area is 185 Å². The summed E-state index contributed by atoms with van der Waals surface area (Å²) in [6, 6.07) is 19.0. The maximum Gasteiger partial charge on any atom is 0.416 e. The number of benzene rings is 3. The zero-order chi connectivity index (χ0) is 22.9. The van der Waals surface area contributed by atoms with E-state index in [0.717, 1.165) is 36.7 Å². The van der Waals surface area contributed by atoms with E-state index < -0.39 is 26.7 Å². The molecule has 0 spiro atoms. The van der Waals surface area contributed by atoms with Gasteiger partial charge in [-0.3, -0.25) is 9.62 Å². The molecular weight excluding hydrogens is 437 g/mol. The Morgan fingerprint density at radius 1 is 1.00 bits per heavy atom. The second-order valence-corrected chi connectivity index (χ2v) is 9.62. The quantitative estimate of drug-likeness (QED) is 0.564. The summed E-state index contributed by atoms with van der Waals surface area (Å²) in [5.41, 5.74) is 2.61. The van der Waals surface area contributed by atoms with E-state index in [1.807, 2.05) is 31.3 Å². The van der Waals surface area contributed by atoms with Crippen molar-refractivity contribution in [2.45, 2.75) is 30.0 Å². The van der Waals surface area contributed by atoms with Crippen molar-refractivity contribution < 1.29 is 21.6 Å². The fourth-order valence-electron chi connectivity index (χ4n) is 4.09. The SMILES string of the molecule is CN1CCc2ccccc2C1Cc1ccccc1NS(=O)(=O)c1cccc(C(F)(F)F)c1. The van der Waals surface area contributed by atoms with Crippen LogP contribution in [0.3, 0.4) is 0 Å². The third-order valence-electron chi connectivity index (χ3n) is 5.83. The van der Waals surface area contributed by atoms with Crippen LogP contribution < -0.4 is 4.72 Å². The van der Waals surface area contributed by atoms with E-state index in [4.69, 9.17) is 0 Å². The van der Waals surface area contributed by atoms with Gasteiger partial charge in [-0.15, -0.1) is 0 Å². The Kier molecular flexibility index (Phi) is 6.01. The highest BCUT2D eigenvalue weighted by molar-refractivity contribution is 7.92. The minimum absolute atomic E-state index is 0.0687. The first-order valence-electron chi connectivity index (χ1n) is 10.2. The largest absolute Gasteiger partial charge is 0.416 e. The molecule has 1 heterocycles. The first-order chi connectivity index (χ1) is 15.1. The van der Waals surface area contributed by atoms with E-state index in [1.54, 1.807) is 12.1 Å². The molecule has 4 rings (SSSR count). The van der Waals surface area contributed by atoms with Crippen LogP contribution in [0.25, 0.3) is 0 Å². The molecule has 0 amide bonds. The lowest BCUT2D eigenvalue weighted by molar-refractivity contribution is -0.137. The summed E-state index contributed by atoms with van der Waals surface area (Å²) in [5, 5.41) is 0. The summed E-state index contributed by atoms with van der Waals surface area (Å²) in [5.74, 6) is 0. The number of nitrogens with zero attached hydrogens (tertiary/aromatic N) is 1. The average Bonchev–Trinajstić information content (AvgIpc) is 2.76. The molecule has 1 aliphatic heterocycles. The number of alkyl halides is 3. The third-order valence-corrected chi connectivity index (χ3v) is 7.19. The molecule has 8 heteroatoms. The van der Waals surface area contributed by atoms with Gasteiger partial charge in [0, 0.05) is 12.6 Å². The summed E-state index contributed by atoms with van der Waals surface area (Å²) in [4.78, 5) is 1.81. The van der Waals surface area contributed by atoms with Crippen LogP contribution in [0.15, 0.2) is 77.7 Å². The van der Waals surface area contributed by atoms with E-state index in [9.17, 15) is 21.6 Å². The maximum absolute atomic E-state index is 13.0. The number of hydrogen-bond acceptors (Lipinski definition) is 3. The van der Waals surface area contributed by atoms with Crippen molar-refractivity contribution in [3.8, 4) is 0 Å². The van der Waals surface area contributed by atoms with Gasteiger partial charge in [0.25, 0.3) is 10.0 Å². The number of para-hydroxylation sites is 1. The van der Waals surface area contributed by atoms with Gasteiger partial charge in [0.1, 0.15) is 0 Å². The first kappa shape index (κ1) is 22.4. The number of nitrogens with one attached hydrogen (secondary N) is 1. The Morgan fingerprint density at radius 2 is 1.72 bits per heavy atom. The molecule has 4 nitrogen and oxygen atoms in total. The first-order valence-corrected chi connectivity index (χ1v) is 11.7. The molecule has 3 aromatic rings. The van der Waals surface area contributed by atoms with Gasteiger partial charge in [-0.1, -0.05) is 48.5 Å². The number of anilines is 1. The Hall–Kier alpha value is -2.84. The summed E-state index contributed by atoms with van der Waals surface area (Å²) in [6.45, 7) is 0.889. The zero-order valence-corrected chi connectivity index (χ0v) is 18.2. The lowest BCUT2D eigenvalue weighted by Crippen LogP contribution is -2.33. The third kappa shape index (κ3) is 4.66. The standard InChI is InChI=1S/C24H23F3N2O2S/c1-29-14-13-17-7-2-4-11-21(17)23(29)15-18-8-3-5-12-22(18)28-32(30,31)20-10-6-9-19(16-20)24(25,26)27/h2-12,16,23,28H,13-15H2,1H3. The van der Waals surface area contributed by atoms with E-state index in [2.05, 4.69) is 21.8 Å². The van der Waals surface area contributed by atoms with E-state index in [0.29, 0.717) is 18.2 Å². The predicted octanol–water partition coefficient (Wildman–Crippen LogP) is 5.28. The lowest BCUT2D eigenvalue weighted by Gasteiger charge is -2.35. The van der Waals surface area contributed by atoms with Gasteiger partial charge < -0.3 is 0 Å². The molecular formula is C24H23F3N2O2S. The van der Waals surface area contributed by atoms with Gasteiger partial charge in [0.2, 0.25) is 0 Å². The molecule has 1 unspecified atom stereocenters. The average molecular weight is 461 g/mol. The Morgan fingerprint density at radius 3 is 2.50 bits per heavy atom. The fraction of sp³-hybridized carbons (Fsp3) is 0.250. The predicted molar refractivity (Wildman–Crippen MR) is 118 cm³/mol. The smallest absolute Gasteiger partial charge is 0.299 e. The monoisotopic (exact) mass is 460 g/mol. The molecule has 1 atom stereocenters. The van der Waals surface area contributed by atoms with Gasteiger partial charge >= 0.3 is 6.18 Å². The summed E-state index contributed by atoms with van der Waals surface area (Å²) in [6.07, 6.45) is -3.11. The van der Waals surface area contributed by atoms with E-state index >= 15 is 0 Å². The van der Waals surface area contributed by atoms with Crippen LogP contribution in [-0.4, -0.2) is 26.9 Å². The van der Waals surface area contributed by atoms with Crippen molar-refractivity contribution in [3.63, 3.8) is 0 Å². The van der Waals surface area contributed by atoms with Crippen molar-refractivity contribution in [1.29, 1.82) is 0 Å². The second kappa shape index (κ2) is 8.60. The fourth-order valence-corrected chi connectivity index (χ4v) is 5.24. The lowest BCUT2D eigenvalue weighted by atomic mass is 9.89. The number of rotatable bonds is 5. The van der Waals surface area contributed by atoms with Crippen molar-refractivity contribution in [2.24, 2.45) is 0 Å². The molecule has 0 saturated carbocycles. The molecule has 1 N–H and O–H groups in total. The van der Waals surface area contributed by atoms with Crippen LogP contribution in [0.1, 0.15) is 28.3 Å². The van der Waals surface area contributed by atoms with E-state index in [-0.39, 0.29) is 6.04 Å². The van der Waals surface area contributed by atoms with Crippen molar-refractivity contribution in [1.82, 2.24) is 4.90 Å². The molecule has 0 fully saturated rings. The summed E-state index contributed by atoms with van der Waals surface area (Å²) < 4.78 is 67.4. The number of sulfonamides is 1. The van der Waals surface area contributed by atoms with Crippen molar-refractivity contribution in [2.75, 3.05) is 18.3 Å². The highest BCUT2D eigenvalue weighted by Gasteiger charge is 2.32. The number of fused-ring (bicyclic) bond motifs is 1. The number of halogens is 3. The van der Waals surface area contributed by atoms with Gasteiger partial charge in [-0.2, -0.15) is 13.2 Å². The van der Waals surface area contributed by atoms with Gasteiger partial charge in [-0.05, 0) is 60.8 Å². The summed E-state index contributed by atoms with van der Waals surface area (Å²) in [7, 11) is -2.16. The van der Waals surface area contributed by atoms with Gasteiger partial charge in [-0.25, -0.2) is 8.42 Å². The molecule has 168 valence electrons. The highest BCUT2D eigenvalue weighted by Crippen LogP contribution is 2.34. The molecule has 3 aromatic carbocycles. The molecule has 0 aromatic heterocycles. The molecule has 0 bridgehead atoms. The Bertz CT molecular complexity index is 1230. The topological polar surface area (TPSA) is 49.4 Å². The van der Waals surface area contributed by atoms with Crippen molar-refractivity contribution in [3.05, 3.63) is 95.1 Å².